The number of para-hydroxylation sites is 1. The number of anilines is 1. The Morgan fingerprint density at radius 1 is 1.24 bits per heavy atom. The number of hydrogen-bond acceptors (Lipinski definition) is 6. The molecule has 0 saturated carbocycles. The second-order valence-corrected chi connectivity index (χ2v) is 5.75. The summed E-state index contributed by atoms with van der Waals surface area (Å²) in [6, 6.07) is 5.39. The van der Waals surface area contributed by atoms with E-state index in [2.05, 4.69) is 0 Å². The van der Waals surface area contributed by atoms with Crippen LogP contribution in [0.1, 0.15) is 29.6 Å². The molecule has 1 aromatic carbocycles. The van der Waals surface area contributed by atoms with E-state index in [-0.39, 0.29) is 36.2 Å². The molecule has 0 fully saturated rings. The summed E-state index contributed by atoms with van der Waals surface area (Å²) >= 11 is 0. The first-order valence-corrected chi connectivity index (χ1v) is 7.34. The maximum absolute atomic E-state index is 13.5. The number of ketones is 1. The fourth-order valence-electron chi connectivity index (χ4n) is 3.16. The number of aliphatic hydroxyl groups is 1. The monoisotopic (exact) mass is 357 g/mol. The number of carbonyl (C=O) groups excluding carboxylic acids is 2. The van der Waals surface area contributed by atoms with Gasteiger partial charge in [-0.1, -0.05) is 12.1 Å². The Labute approximate surface area is 139 Å². The number of carbonyl (C=O) groups is 2. The lowest BCUT2D eigenvalue weighted by atomic mass is 9.88. The Balaban J connectivity index is 2.27. The van der Waals surface area contributed by atoms with Gasteiger partial charge in [-0.15, -0.1) is 0 Å². The van der Waals surface area contributed by atoms with Gasteiger partial charge in [0.05, 0.1) is 16.8 Å². The third-order valence-electron chi connectivity index (χ3n) is 4.26. The summed E-state index contributed by atoms with van der Waals surface area (Å²) < 4.78 is 40.6. The van der Waals surface area contributed by atoms with Crippen LogP contribution in [0, 0.1) is 0 Å². The third-order valence-corrected chi connectivity index (χ3v) is 4.26. The summed E-state index contributed by atoms with van der Waals surface area (Å²) in [6.45, 7) is 0. The summed E-state index contributed by atoms with van der Waals surface area (Å²) in [5, 5.41) is 20.6. The summed E-state index contributed by atoms with van der Waals surface area (Å²) in [7, 11) is 0. The Hall–Kier alpha value is -2.43. The number of primary amides is 1. The number of rotatable bonds is 2. The van der Waals surface area contributed by atoms with Gasteiger partial charge in [0, 0.05) is 12.1 Å². The number of Topliss-reactive ketones (excluding diaryl/α,β-unsaturated/α-hetero) is 1. The van der Waals surface area contributed by atoms with Gasteiger partial charge in [0.15, 0.2) is 5.78 Å². The quantitative estimate of drug-likeness (QED) is 0.740. The zero-order chi connectivity index (χ0) is 18.6. The van der Waals surface area contributed by atoms with Crippen molar-refractivity contribution in [3.8, 4) is 0 Å². The van der Waals surface area contributed by atoms with Crippen LogP contribution in [-0.2, 0) is 4.79 Å². The summed E-state index contributed by atoms with van der Waals surface area (Å²) in [5.41, 5.74) is -0.143. The molecule has 1 aliphatic carbocycles. The molecule has 1 heterocycles. The molecule has 0 saturated heterocycles. The van der Waals surface area contributed by atoms with Crippen LogP contribution < -0.4 is 10.7 Å². The van der Waals surface area contributed by atoms with Gasteiger partial charge in [-0.05, 0) is 30.1 Å². The van der Waals surface area contributed by atoms with E-state index in [1.54, 1.807) is 0 Å². The van der Waals surface area contributed by atoms with Gasteiger partial charge in [-0.2, -0.15) is 13.2 Å². The topological polar surface area (TPSA) is 107 Å². The number of hydroxylamine groups is 1. The van der Waals surface area contributed by atoms with Gasteiger partial charge < -0.3 is 10.8 Å². The van der Waals surface area contributed by atoms with E-state index in [1.807, 2.05) is 0 Å². The molecule has 3 rings (SSSR count). The molecule has 25 heavy (non-hydrogen) atoms. The van der Waals surface area contributed by atoms with Crippen molar-refractivity contribution in [1.29, 1.82) is 0 Å². The summed E-state index contributed by atoms with van der Waals surface area (Å²) in [5.74, 6) is -1.85. The van der Waals surface area contributed by atoms with E-state index in [4.69, 9.17) is 5.73 Å². The number of amides is 1. The third kappa shape index (κ3) is 2.33. The van der Waals surface area contributed by atoms with Crippen LogP contribution in [0.15, 0.2) is 35.5 Å². The molecule has 0 aromatic heterocycles. The average molecular weight is 357 g/mol. The Morgan fingerprint density at radius 3 is 2.48 bits per heavy atom. The maximum Gasteiger partial charge on any atom is 0.440 e. The fourth-order valence-corrected chi connectivity index (χ4v) is 3.16. The second kappa shape index (κ2) is 5.55. The lowest BCUT2D eigenvalue weighted by Gasteiger charge is -2.36. The molecular weight excluding hydrogens is 343 g/mol. The van der Waals surface area contributed by atoms with Gasteiger partial charge in [-0.25, -0.2) is 0 Å². The van der Waals surface area contributed by atoms with E-state index in [0.29, 0.717) is 5.01 Å². The first-order chi connectivity index (χ1) is 11.6. The van der Waals surface area contributed by atoms with E-state index >= 15 is 0 Å². The fraction of sp³-hybridized carbons (Fsp3) is 0.333. The number of benzene rings is 1. The van der Waals surface area contributed by atoms with E-state index in [1.165, 1.54) is 24.3 Å². The van der Waals surface area contributed by atoms with Crippen molar-refractivity contribution in [3.63, 3.8) is 0 Å². The highest BCUT2D eigenvalue weighted by Crippen LogP contribution is 2.50. The number of nitrogens with two attached hydrogens (primary N) is 1. The van der Waals surface area contributed by atoms with Crippen LogP contribution in [0.5, 0.6) is 0 Å². The van der Waals surface area contributed by atoms with Crippen LogP contribution in [0.4, 0.5) is 18.9 Å². The van der Waals surface area contributed by atoms with Crippen LogP contribution >= 0.6 is 0 Å². The molecule has 134 valence electrons. The van der Waals surface area contributed by atoms with Crippen LogP contribution in [0.3, 0.4) is 0 Å². The van der Waals surface area contributed by atoms with Crippen LogP contribution in [0.25, 0.3) is 0 Å². The molecule has 4 N–H and O–H groups in total. The molecule has 0 radical (unpaired) electrons. The molecule has 10 heteroatoms. The Morgan fingerprint density at radius 2 is 1.88 bits per heavy atom. The second-order valence-electron chi connectivity index (χ2n) is 5.75. The highest BCUT2D eigenvalue weighted by atomic mass is 19.4. The Kier molecular flexibility index (Phi) is 3.86. The van der Waals surface area contributed by atoms with E-state index in [9.17, 15) is 33.1 Å². The number of halogens is 3. The average Bonchev–Trinajstić information content (AvgIpc) is 2.77. The molecule has 1 aliphatic heterocycles. The lowest BCUT2D eigenvalue weighted by Crippen LogP contribution is -2.60. The number of nitrogens with zero attached hydrogens (tertiary/aromatic N) is 2. The van der Waals surface area contributed by atoms with Crippen molar-refractivity contribution in [2.24, 2.45) is 5.73 Å². The number of alkyl halides is 3. The first-order valence-electron chi connectivity index (χ1n) is 7.34. The largest absolute Gasteiger partial charge is 0.440 e. The highest BCUT2D eigenvalue weighted by Gasteiger charge is 2.69. The molecule has 7 nitrogen and oxygen atoms in total. The molecular formula is C15H14F3N3O4. The molecule has 1 unspecified atom stereocenters. The van der Waals surface area contributed by atoms with Crippen molar-refractivity contribution in [2.45, 2.75) is 31.2 Å². The van der Waals surface area contributed by atoms with Crippen molar-refractivity contribution >= 4 is 17.4 Å². The Bertz CT molecular complexity index is 792. The smallest absolute Gasteiger partial charge is 0.366 e. The van der Waals surface area contributed by atoms with E-state index in [0.717, 1.165) is 0 Å². The maximum atomic E-state index is 13.5. The minimum Gasteiger partial charge on any atom is -0.366 e. The predicted octanol–water partition coefficient (Wildman–Crippen LogP) is 1.47. The zero-order valence-corrected chi connectivity index (χ0v) is 12.7. The van der Waals surface area contributed by atoms with Gasteiger partial charge in [0.2, 0.25) is 0 Å². The van der Waals surface area contributed by atoms with Gasteiger partial charge in [0.25, 0.3) is 11.6 Å². The molecule has 1 amide bonds. The van der Waals surface area contributed by atoms with Gasteiger partial charge in [0.1, 0.15) is 0 Å². The molecule has 0 spiro atoms. The van der Waals surface area contributed by atoms with Crippen LogP contribution in [-0.4, -0.2) is 39.1 Å². The number of hydrogen-bond donors (Lipinski definition) is 3. The number of hydrazine groups is 1. The summed E-state index contributed by atoms with van der Waals surface area (Å²) in [4.78, 5) is 23.7. The molecule has 1 atom stereocenters. The van der Waals surface area contributed by atoms with Crippen molar-refractivity contribution in [3.05, 3.63) is 41.1 Å². The van der Waals surface area contributed by atoms with E-state index < -0.39 is 34.3 Å². The lowest BCUT2D eigenvalue weighted by molar-refractivity contribution is -0.355. The minimum absolute atomic E-state index is 0.00359. The van der Waals surface area contributed by atoms with Crippen molar-refractivity contribution < 1.29 is 33.1 Å². The molecule has 1 aromatic rings. The number of allylic oxidation sites excluding steroid dienone is 1. The summed E-state index contributed by atoms with van der Waals surface area (Å²) in [6.07, 6.45) is -5.29. The zero-order valence-electron chi connectivity index (χ0n) is 12.7. The standard InChI is InChI=1S/C15H14F3N3O4/c16-15(17,18)14(24)12-10(6-3-7-11(12)22)20(21(14)25)9-5-2-1-4-8(9)13(19)23/h1-2,4-5,24-25H,3,6-7H2,(H2,19,23). The van der Waals surface area contributed by atoms with Crippen LogP contribution in [0.2, 0.25) is 0 Å². The highest BCUT2D eigenvalue weighted by molar-refractivity contribution is 6.02. The SMILES string of the molecule is NC(=O)c1ccccc1N1C2=C(C(=O)CCC2)C(O)(C(F)(F)F)N1O. The van der Waals surface area contributed by atoms with Gasteiger partial charge >= 0.3 is 6.18 Å². The molecule has 2 aliphatic rings. The normalized spacial score (nSPS) is 24.7. The van der Waals surface area contributed by atoms with Gasteiger partial charge in [-0.3, -0.25) is 19.8 Å². The molecule has 0 bridgehead atoms. The van der Waals surface area contributed by atoms with Crippen molar-refractivity contribution in [2.75, 3.05) is 5.01 Å². The first kappa shape index (κ1) is 17.4. The predicted molar refractivity (Wildman–Crippen MR) is 78.0 cm³/mol. The van der Waals surface area contributed by atoms with Crippen molar-refractivity contribution in [1.82, 2.24) is 5.17 Å². The minimum atomic E-state index is -5.36.